The van der Waals surface area contributed by atoms with Crippen molar-refractivity contribution in [3.8, 4) is 11.5 Å². The second-order valence-electron chi connectivity index (χ2n) is 7.91. The summed E-state index contributed by atoms with van der Waals surface area (Å²) in [7, 11) is 3.11. The zero-order valence-electron chi connectivity index (χ0n) is 18.0. The fourth-order valence-electron chi connectivity index (χ4n) is 3.92. The molecule has 0 spiro atoms. The molecule has 1 fully saturated rings. The van der Waals surface area contributed by atoms with Crippen LogP contribution in [0, 0.1) is 5.82 Å². The van der Waals surface area contributed by atoms with E-state index in [2.05, 4.69) is 10.6 Å². The molecule has 0 radical (unpaired) electrons. The summed E-state index contributed by atoms with van der Waals surface area (Å²) in [5.74, 6) is 0.730. The number of rotatable bonds is 10. The minimum atomic E-state index is -0.611. The van der Waals surface area contributed by atoms with Gasteiger partial charge in [-0.25, -0.2) is 4.39 Å². The van der Waals surface area contributed by atoms with E-state index in [0.717, 1.165) is 11.3 Å². The van der Waals surface area contributed by atoms with Gasteiger partial charge in [-0.1, -0.05) is 18.2 Å². The van der Waals surface area contributed by atoms with Crippen LogP contribution in [-0.4, -0.2) is 38.1 Å². The van der Waals surface area contributed by atoms with Crippen molar-refractivity contribution in [3.63, 3.8) is 0 Å². The van der Waals surface area contributed by atoms with Crippen molar-refractivity contribution in [3.05, 3.63) is 59.4 Å². The lowest BCUT2D eigenvalue weighted by atomic mass is 9.84. The van der Waals surface area contributed by atoms with Crippen molar-refractivity contribution < 1.29 is 23.5 Å². The summed E-state index contributed by atoms with van der Waals surface area (Å²) < 4.78 is 24.6. The number of hydrogen-bond acceptors (Lipinski definition) is 4. The van der Waals surface area contributed by atoms with Crippen LogP contribution in [0.25, 0.3) is 0 Å². The Balaban J connectivity index is 1.53. The Morgan fingerprint density at radius 2 is 1.84 bits per heavy atom. The van der Waals surface area contributed by atoms with Gasteiger partial charge in [0.05, 0.1) is 14.2 Å². The van der Waals surface area contributed by atoms with E-state index in [-0.39, 0.29) is 24.1 Å². The van der Waals surface area contributed by atoms with E-state index in [4.69, 9.17) is 9.47 Å². The molecule has 1 aliphatic heterocycles. The van der Waals surface area contributed by atoms with Gasteiger partial charge in [-0.3, -0.25) is 9.59 Å². The normalized spacial score (nSPS) is 17.8. The summed E-state index contributed by atoms with van der Waals surface area (Å²) in [5, 5.41) is 5.92. The van der Waals surface area contributed by atoms with Gasteiger partial charge < -0.3 is 20.1 Å². The van der Waals surface area contributed by atoms with Crippen LogP contribution in [0.3, 0.4) is 0 Å². The molecular formula is C24H29FN2O4. The van der Waals surface area contributed by atoms with Gasteiger partial charge in [-0.15, -0.1) is 0 Å². The van der Waals surface area contributed by atoms with Crippen molar-refractivity contribution in [2.24, 2.45) is 0 Å². The summed E-state index contributed by atoms with van der Waals surface area (Å²) >= 11 is 0. The number of nitrogens with one attached hydrogen (secondary N) is 2. The second kappa shape index (κ2) is 10.3. The molecule has 1 saturated heterocycles. The van der Waals surface area contributed by atoms with Crippen LogP contribution in [0.1, 0.15) is 36.8 Å². The molecule has 0 saturated carbocycles. The number of ether oxygens (including phenoxy) is 2. The Labute approximate surface area is 182 Å². The van der Waals surface area contributed by atoms with Crippen LogP contribution in [0.5, 0.6) is 11.5 Å². The van der Waals surface area contributed by atoms with Crippen LogP contribution >= 0.6 is 0 Å². The number of halogens is 1. The Bertz CT molecular complexity index is 916. The Morgan fingerprint density at radius 3 is 2.45 bits per heavy atom. The lowest BCUT2D eigenvalue weighted by Gasteiger charge is -2.29. The molecule has 0 unspecified atom stereocenters. The molecule has 2 aromatic carbocycles. The Hall–Kier alpha value is -3.09. The predicted octanol–water partition coefficient (Wildman–Crippen LogP) is 3.17. The average molecular weight is 429 g/mol. The number of amides is 2. The smallest absolute Gasteiger partial charge is 0.220 e. The third kappa shape index (κ3) is 6.20. The average Bonchev–Trinajstić information content (AvgIpc) is 3.15. The van der Waals surface area contributed by atoms with E-state index < -0.39 is 5.54 Å². The summed E-state index contributed by atoms with van der Waals surface area (Å²) in [6.07, 6.45) is 2.74. The monoisotopic (exact) mass is 428 g/mol. The number of benzene rings is 2. The van der Waals surface area contributed by atoms with E-state index in [1.165, 1.54) is 13.2 Å². The Kier molecular flexibility index (Phi) is 7.50. The summed E-state index contributed by atoms with van der Waals surface area (Å²) in [4.78, 5) is 24.3. The number of carbonyl (C=O) groups excluding carboxylic acids is 2. The molecule has 0 aromatic heterocycles. The van der Waals surface area contributed by atoms with Gasteiger partial charge in [0.2, 0.25) is 11.8 Å². The van der Waals surface area contributed by atoms with Crippen molar-refractivity contribution in [1.82, 2.24) is 10.6 Å². The first-order chi connectivity index (χ1) is 14.9. The first-order valence-electron chi connectivity index (χ1n) is 10.5. The molecule has 0 aliphatic carbocycles. The van der Waals surface area contributed by atoms with Crippen molar-refractivity contribution in [1.29, 1.82) is 0 Å². The molecule has 31 heavy (non-hydrogen) atoms. The standard InChI is InChI=1S/C24H29FN2O4/c1-30-19-6-3-17(4-7-19)11-14-26-22(28)9-12-24(13-10-23(29)27-24)16-18-5-8-20(31-2)15-21(18)25/h3-8,15H,9-14,16H2,1-2H3,(H,26,28)(H,27,29)/t24-/m1/s1. The summed E-state index contributed by atoms with van der Waals surface area (Å²) in [6, 6.07) is 12.4. The molecule has 1 aliphatic rings. The van der Waals surface area contributed by atoms with Gasteiger partial charge in [-0.2, -0.15) is 0 Å². The topological polar surface area (TPSA) is 76.7 Å². The molecule has 6 nitrogen and oxygen atoms in total. The highest BCUT2D eigenvalue weighted by atomic mass is 19.1. The molecule has 1 heterocycles. The highest BCUT2D eigenvalue weighted by molar-refractivity contribution is 5.80. The van der Waals surface area contributed by atoms with Crippen LogP contribution in [0.15, 0.2) is 42.5 Å². The predicted molar refractivity (Wildman–Crippen MR) is 116 cm³/mol. The van der Waals surface area contributed by atoms with Gasteiger partial charge in [0, 0.05) is 31.0 Å². The van der Waals surface area contributed by atoms with Crippen molar-refractivity contribution in [2.75, 3.05) is 20.8 Å². The molecule has 166 valence electrons. The molecule has 0 bridgehead atoms. The van der Waals surface area contributed by atoms with E-state index >= 15 is 0 Å². The van der Waals surface area contributed by atoms with E-state index in [1.54, 1.807) is 19.2 Å². The molecule has 1 atom stereocenters. The van der Waals surface area contributed by atoms with Crippen LogP contribution in [0.2, 0.25) is 0 Å². The fraction of sp³-hybridized carbons (Fsp3) is 0.417. The van der Waals surface area contributed by atoms with Gasteiger partial charge in [0.1, 0.15) is 17.3 Å². The Morgan fingerprint density at radius 1 is 1.13 bits per heavy atom. The highest BCUT2D eigenvalue weighted by Gasteiger charge is 2.38. The largest absolute Gasteiger partial charge is 0.497 e. The van der Waals surface area contributed by atoms with Gasteiger partial charge >= 0.3 is 0 Å². The minimum absolute atomic E-state index is 0.0613. The number of hydrogen-bond donors (Lipinski definition) is 2. The van der Waals surface area contributed by atoms with Crippen LogP contribution < -0.4 is 20.1 Å². The van der Waals surface area contributed by atoms with Gasteiger partial charge in [0.15, 0.2) is 0 Å². The van der Waals surface area contributed by atoms with E-state index in [0.29, 0.717) is 50.0 Å². The fourth-order valence-corrected chi connectivity index (χ4v) is 3.92. The maximum absolute atomic E-state index is 14.5. The van der Waals surface area contributed by atoms with Crippen molar-refractivity contribution >= 4 is 11.8 Å². The molecule has 2 N–H and O–H groups in total. The number of carbonyl (C=O) groups is 2. The minimum Gasteiger partial charge on any atom is -0.497 e. The summed E-state index contributed by atoms with van der Waals surface area (Å²) in [5.41, 5.74) is 0.998. The molecular weight excluding hydrogens is 399 g/mol. The zero-order chi connectivity index (χ0) is 22.3. The lowest BCUT2D eigenvalue weighted by Crippen LogP contribution is -2.44. The SMILES string of the molecule is COc1ccc(CCNC(=O)CC[C@]2(Cc3ccc(OC)cc3F)CCC(=O)N2)cc1. The van der Waals surface area contributed by atoms with Crippen molar-refractivity contribution in [2.45, 2.75) is 44.1 Å². The maximum atomic E-state index is 14.5. The summed E-state index contributed by atoms with van der Waals surface area (Å²) in [6.45, 7) is 0.525. The van der Waals surface area contributed by atoms with Gasteiger partial charge in [-0.05, 0) is 55.0 Å². The number of methoxy groups -OCH3 is 2. The maximum Gasteiger partial charge on any atom is 0.220 e. The van der Waals surface area contributed by atoms with E-state index in [1.807, 2.05) is 24.3 Å². The van der Waals surface area contributed by atoms with E-state index in [9.17, 15) is 14.0 Å². The molecule has 7 heteroatoms. The second-order valence-corrected chi connectivity index (χ2v) is 7.91. The highest BCUT2D eigenvalue weighted by Crippen LogP contribution is 2.31. The quantitative estimate of drug-likeness (QED) is 0.610. The van der Waals surface area contributed by atoms with Crippen LogP contribution in [-0.2, 0) is 22.4 Å². The van der Waals surface area contributed by atoms with Gasteiger partial charge in [0.25, 0.3) is 0 Å². The molecule has 2 aromatic rings. The third-order valence-electron chi connectivity index (χ3n) is 5.75. The van der Waals surface area contributed by atoms with Crippen LogP contribution in [0.4, 0.5) is 4.39 Å². The lowest BCUT2D eigenvalue weighted by molar-refractivity contribution is -0.122. The third-order valence-corrected chi connectivity index (χ3v) is 5.75. The molecule has 3 rings (SSSR count). The first kappa shape index (κ1) is 22.6. The first-order valence-corrected chi connectivity index (χ1v) is 10.5. The zero-order valence-corrected chi connectivity index (χ0v) is 18.0. The molecule has 2 amide bonds.